The number of ether oxygens (including phenoxy) is 1. The van der Waals surface area contributed by atoms with E-state index in [4.69, 9.17) is 4.74 Å². The Morgan fingerprint density at radius 1 is 1.44 bits per heavy atom. The third-order valence-electron chi connectivity index (χ3n) is 3.08. The predicted octanol–water partition coefficient (Wildman–Crippen LogP) is 1.83. The van der Waals surface area contributed by atoms with Crippen LogP contribution in [-0.2, 0) is 4.74 Å². The van der Waals surface area contributed by atoms with E-state index in [0.717, 1.165) is 31.2 Å². The van der Waals surface area contributed by atoms with Crippen LogP contribution in [0.2, 0.25) is 0 Å². The Balaban J connectivity index is 2.25. The number of rotatable bonds is 3. The summed E-state index contributed by atoms with van der Waals surface area (Å²) in [6.45, 7) is 10.8. The highest BCUT2D eigenvalue weighted by atomic mass is 16.5. The molecule has 1 N–H and O–H groups in total. The van der Waals surface area contributed by atoms with Crippen LogP contribution in [0, 0.1) is 6.92 Å². The summed E-state index contributed by atoms with van der Waals surface area (Å²) in [6, 6.07) is 2.39. The van der Waals surface area contributed by atoms with Gasteiger partial charge in [0, 0.05) is 24.8 Å². The van der Waals surface area contributed by atoms with E-state index in [1.807, 2.05) is 19.9 Å². The highest BCUT2D eigenvalue weighted by Gasteiger charge is 2.25. The van der Waals surface area contributed by atoms with Gasteiger partial charge in [-0.15, -0.1) is 0 Å². The van der Waals surface area contributed by atoms with E-state index in [2.05, 4.69) is 34.0 Å². The van der Waals surface area contributed by atoms with Crippen LogP contribution in [0.25, 0.3) is 0 Å². The van der Waals surface area contributed by atoms with E-state index in [1.54, 1.807) is 0 Å². The Morgan fingerprint density at radius 2 is 2.22 bits per heavy atom. The standard InChI is InChI=1S/C13H22N4O/c1-5-14-13-15-9(2)6-12(16-13)17-7-11(4)18-8-10(17)3/h6,10-11H,5,7-8H2,1-4H3,(H,14,15,16). The summed E-state index contributed by atoms with van der Waals surface area (Å²) in [6.07, 6.45) is 0.249. The minimum Gasteiger partial charge on any atom is -0.375 e. The molecule has 0 aromatic carbocycles. The maximum Gasteiger partial charge on any atom is 0.224 e. The molecule has 1 aromatic heterocycles. The fourth-order valence-electron chi connectivity index (χ4n) is 2.16. The first kappa shape index (κ1) is 13.1. The maximum absolute atomic E-state index is 5.65. The molecule has 100 valence electrons. The molecule has 0 amide bonds. The molecule has 5 nitrogen and oxygen atoms in total. The van der Waals surface area contributed by atoms with Crippen molar-refractivity contribution in [3.8, 4) is 0 Å². The number of hydrogen-bond acceptors (Lipinski definition) is 5. The zero-order valence-electron chi connectivity index (χ0n) is 11.6. The average molecular weight is 250 g/mol. The van der Waals surface area contributed by atoms with Gasteiger partial charge in [-0.1, -0.05) is 0 Å². The molecule has 2 atom stereocenters. The number of aryl methyl sites for hydroxylation is 1. The molecule has 0 spiro atoms. The fraction of sp³-hybridized carbons (Fsp3) is 0.692. The molecule has 0 saturated carbocycles. The fourth-order valence-corrected chi connectivity index (χ4v) is 2.16. The number of nitrogens with one attached hydrogen (secondary N) is 1. The van der Waals surface area contributed by atoms with Gasteiger partial charge in [0.05, 0.1) is 18.8 Å². The molecule has 1 aromatic rings. The number of hydrogen-bond donors (Lipinski definition) is 1. The quantitative estimate of drug-likeness (QED) is 0.887. The van der Waals surface area contributed by atoms with Gasteiger partial charge < -0.3 is 15.0 Å². The maximum atomic E-state index is 5.65. The summed E-state index contributed by atoms with van der Waals surface area (Å²) < 4.78 is 5.65. The monoisotopic (exact) mass is 250 g/mol. The van der Waals surface area contributed by atoms with Gasteiger partial charge in [0.1, 0.15) is 5.82 Å². The van der Waals surface area contributed by atoms with E-state index < -0.39 is 0 Å². The minimum atomic E-state index is 0.249. The van der Waals surface area contributed by atoms with Gasteiger partial charge >= 0.3 is 0 Å². The SMILES string of the molecule is CCNc1nc(C)cc(N2CC(C)OCC2C)n1. The molecular weight excluding hydrogens is 228 g/mol. The van der Waals surface area contributed by atoms with Crippen LogP contribution in [0.4, 0.5) is 11.8 Å². The van der Waals surface area contributed by atoms with E-state index in [0.29, 0.717) is 12.0 Å². The van der Waals surface area contributed by atoms with Crippen molar-refractivity contribution in [1.82, 2.24) is 9.97 Å². The average Bonchev–Trinajstić information content (AvgIpc) is 2.32. The van der Waals surface area contributed by atoms with Crippen LogP contribution >= 0.6 is 0 Å². The first-order valence-corrected chi connectivity index (χ1v) is 6.58. The molecule has 5 heteroatoms. The number of anilines is 2. The van der Waals surface area contributed by atoms with Crippen molar-refractivity contribution in [1.29, 1.82) is 0 Å². The van der Waals surface area contributed by atoms with Crippen molar-refractivity contribution in [3.63, 3.8) is 0 Å². The minimum absolute atomic E-state index is 0.249. The van der Waals surface area contributed by atoms with E-state index >= 15 is 0 Å². The number of aromatic nitrogens is 2. The molecule has 0 radical (unpaired) electrons. The predicted molar refractivity (Wildman–Crippen MR) is 73.2 cm³/mol. The van der Waals surface area contributed by atoms with Gasteiger partial charge in [0.2, 0.25) is 5.95 Å². The zero-order chi connectivity index (χ0) is 13.1. The van der Waals surface area contributed by atoms with Crippen molar-refractivity contribution in [2.24, 2.45) is 0 Å². The van der Waals surface area contributed by atoms with Gasteiger partial charge in [-0.3, -0.25) is 0 Å². The van der Waals surface area contributed by atoms with Crippen molar-refractivity contribution in [2.45, 2.75) is 39.8 Å². The van der Waals surface area contributed by atoms with Crippen LogP contribution in [-0.4, -0.2) is 41.8 Å². The van der Waals surface area contributed by atoms with Crippen molar-refractivity contribution in [2.75, 3.05) is 29.9 Å². The van der Waals surface area contributed by atoms with Crippen molar-refractivity contribution >= 4 is 11.8 Å². The molecule has 2 heterocycles. The molecule has 18 heavy (non-hydrogen) atoms. The smallest absolute Gasteiger partial charge is 0.224 e. The van der Waals surface area contributed by atoms with E-state index in [9.17, 15) is 0 Å². The molecule has 2 unspecified atom stereocenters. The Hall–Kier alpha value is -1.36. The molecule has 1 fully saturated rings. The summed E-state index contributed by atoms with van der Waals surface area (Å²) in [5.41, 5.74) is 0.988. The summed E-state index contributed by atoms with van der Waals surface area (Å²) in [5.74, 6) is 1.69. The number of morpholine rings is 1. The van der Waals surface area contributed by atoms with Crippen LogP contribution < -0.4 is 10.2 Å². The molecule has 0 bridgehead atoms. The van der Waals surface area contributed by atoms with Crippen molar-refractivity contribution in [3.05, 3.63) is 11.8 Å². The van der Waals surface area contributed by atoms with Gasteiger partial charge in [-0.2, -0.15) is 4.98 Å². The Kier molecular flexibility index (Phi) is 4.01. The lowest BCUT2D eigenvalue weighted by molar-refractivity contribution is 0.0340. The molecule has 1 aliphatic rings. The Morgan fingerprint density at radius 3 is 2.94 bits per heavy atom. The molecule has 0 aliphatic carbocycles. The Labute approximate surface area is 109 Å². The summed E-state index contributed by atoms with van der Waals surface area (Å²) in [7, 11) is 0. The first-order chi connectivity index (χ1) is 8.60. The van der Waals surface area contributed by atoms with Crippen LogP contribution in [0.3, 0.4) is 0 Å². The van der Waals surface area contributed by atoms with Crippen LogP contribution in [0.5, 0.6) is 0 Å². The lowest BCUT2D eigenvalue weighted by atomic mass is 10.2. The highest BCUT2D eigenvalue weighted by Crippen LogP contribution is 2.21. The van der Waals surface area contributed by atoms with Gasteiger partial charge in [0.15, 0.2) is 0 Å². The number of nitrogens with zero attached hydrogens (tertiary/aromatic N) is 3. The van der Waals surface area contributed by atoms with Gasteiger partial charge in [-0.25, -0.2) is 4.98 Å². The van der Waals surface area contributed by atoms with Crippen LogP contribution in [0.15, 0.2) is 6.07 Å². The largest absolute Gasteiger partial charge is 0.375 e. The van der Waals surface area contributed by atoms with Gasteiger partial charge in [-0.05, 0) is 27.7 Å². The summed E-state index contributed by atoms with van der Waals surface area (Å²) in [5, 5.41) is 3.17. The second-order valence-electron chi connectivity index (χ2n) is 4.87. The lowest BCUT2D eigenvalue weighted by Gasteiger charge is -2.37. The molecule has 1 saturated heterocycles. The topological polar surface area (TPSA) is 50.3 Å². The van der Waals surface area contributed by atoms with E-state index in [-0.39, 0.29) is 6.10 Å². The zero-order valence-corrected chi connectivity index (χ0v) is 11.6. The lowest BCUT2D eigenvalue weighted by Crippen LogP contribution is -2.47. The third-order valence-corrected chi connectivity index (χ3v) is 3.08. The normalized spacial score (nSPS) is 24.1. The van der Waals surface area contributed by atoms with Gasteiger partial charge in [0.25, 0.3) is 0 Å². The molecular formula is C13H22N4O. The Bertz CT molecular complexity index is 410. The highest BCUT2D eigenvalue weighted by molar-refractivity contribution is 5.46. The second kappa shape index (κ2) is 5.52. The first-order valence-electron chi connectivity index (χ1n) is 6.58. The summed E-state index contributed by atoms with van der Waals surface area (Å²) >= 11 is 0. The molecule has 2 rings (SSSR count). The third kappa shape index (κ3) is 2.90. The van der Waals surface area contributed by atoms with Crippen molar-refractivity contribution < 1.29 is 4.74 Å². The van der Waals surface area contributed by atoms with E-state index in [1.165, 1.54) is 0 Å². The summed E-state index contributed by atoms with van der Waals surface area (Å²) in [4.78, 5) is 11.3. The van der Waals surface area contributed by atoms with Crippen LogP contribution in [0.1, 0.15) is 26.5 Å². The second-order valence-corrected chi connectivity index (χ2v) is 4.87. The molecule has 1 aliphatic heterocycles.